The van der Waals surface area contributed by atoms with Crippen molar-refractivity contribution < 1.29 is 19.1 Å². The van der Waals surface area contributed by atoms with Crippen LogP contribution in [0.1, 0.15) is 12.0 Å². The molecular formula is C10H16O4Si. The van der Waals surface area contributed by atoms with Crippen molar-refractivity contribution in [3.63, 3.8) is 0 Å². The van der Waals surface area contributed by atoms with E-state index in [0.29, 0.717) is 6.42 Å². The van der Waals surface area contributed by atoms with E-state index < -0.39 is 8.80 Å². The Labute approximate surface area is 90.1 Å². The third-order valence-electron chi connectivity index (χ3n) is 2.14. The maximum absolute atomic E-state index is 8.81. The van der Waals surface area contributed by atoms with Gasteiger partial charge >= 0.3 is 8.80 Å². The summed E-state index contributed by atoms with van der Waals surface area (Å²) in [5.41, 5.74) is 1.09. The molecule has 0 aromatic heterocycles. The highest BCUT2D eigenvalue weighted by Crippen LogP contribution is 2.14. The van der Waals surface area contributed by atoms with Crippen LogP contribution >= 0.6 is 0 Å². The molecule has 5 heteroatoms. The van der Waals surface area contributed by atoms with Crippen LogP contribution in [-0.2, 0) is 6.42 Å². The molecule has 0 amide bonds. The Kier molecular flexibility index (Phi) is 4.28. The van der Waals surface area contributed by atoms with Crippen molar-refractivity contribution in [2.24, 2.45) is 0 Å². The minimum absolute atomic E-state index is 0.0824. The molecule has 0 aliphatic carbocycles. The zero-order valence-corrected chi connectivity index (χ0v) is 9.68. The van der Waals surface area contributed by atoms with Crippen molar-refractivity contribution in [1.82, 2.24) is 0 Å². The largest absolute Gasteiger partial charge is 0.497 e. The minimum atomic E-state index is -3.85. The summed E-state index contributed by atoms with van der Waals surface area (Å²) in [6.07, 6.45) is 1.29. The van der Waals surface area contributed by atoms with E-state index in [2.05, 4.69) is 0 Å². The fourth-order valence-corrected chi connectivity index (χ4v) is 1.97. The Morgan fingerprint density at radius 3 is 2.20 bits per heavy atom. The third-order valence-corrected chi connectivity index (χ3v) is 3.16. The molecule has 0 bridgehead atoms. The van der Waals surface area contributed by atoms with Gasteiger partial charge in [0.05, 0.1) is 7.11 Å². The van der Waals surface area contributed by atoms with E-state index in [1.54, 1.807) is 7.11 Å². The van der Waals surface area contributed by atoms with Crippen LogP contribution in [0.5, 0.6) is 5.75 Å². The fraction of sp³-hybridized carbons (Fsp3) is 0.400. The SMILES string of the molecule is COc1ccc(CCC[Si](O)(O)O)cc1. The Morgan fingerprint density at radius 2 is 1.73 bits per heavy atom. The molecule has 4 nitrogen and oxygen atoms in total. The Morgan fingerprint density at radius 1 is 1.13 bits per heavy atom. The van der Waals surface area contributed by atoms with Gasteiger partial charge in [0.2, 0.25) is 0 Å². The van der Waals surface area contributed by atoms with Crippen molar-refractivity contribution in [1.29, 1.82) is 0 Å². The second-order valence-electron chi connectivity index (χ2n) is 3.48. The number of benzene rings is 1. The van der Waals surface area contributed by atoms with Gasteiger partial charge in [0.15, 0.2) is 0 Å². The zero-order valence-electron chi connectivity index (χ0n) is 8.68. The summed E-state index contributed by atoms with van der Waals surface area (Å²) in [7, 11) is -2.24. The van der Waals surface area contributed by atoms with Crippen molar-refractivity contribution in [2.75, 3.05) is 7.11 Å². The van der Waals surface area contributed by atoms with Gasteiger partial charge < -0.3 is 19.1 Å². The molecule has 0 aliphatic rings. The highest BCUT2D eigenvalue weighted by Gasteiger charge is 2.25. The molecule has 0 fully saturated rings. The smallest absolute Gasteiger partial charge is 0.492 e. The van der Waals surface area contributed by atoms with Crippen LogP contribution < -0.4 is 4.74 Å². The van der Waals surface area contributed by atoms with E-state index in [4.69, 9.17) is 19.1 Å². The van der Waals surface area contributed by atoms with Crippen LogP contribution in [0, 0.1) is 0 Å². The van der Waals surface area contributed by atoms with Crippen LogP contribution in [0.3, 0.4) is 0 Å². The summed E-state index contributed by atoms with van der Waals surface area (Å²) in [6, 6.07) is 7.65. The van der Waals surface area contributed by atoms with Gasteiger partial charge in [-0.05, 0) is 30.5 Å². The Bertz CT molecular complexity index is 291. The van der Waals surface area contributed by atoms with Crippen LogP contribution in [0.2, 0.25) is 6.04 Å². The first kappa shape index (κ1) is 12.2. The fourth-order valence-electron chi connectivity index (χ4n) is 1.32. The Hall–Kier alpha value is -0.883. The summed E-state index contributed by atoms with van der Waals surface area (Å²) in [6.45, 7) is 0. The van der Waals surface area contributed by atoms with Crippen molar-refractivity contribution >= 4 is 8.80 Å². The first-order valence-electron chi connectivity index (χ1n) is 4.81. The van der Waals surface area contributed by atoms with Crippen LogP contribution in [-0.4, -0.2) is 30.3 Å². The average Bonchev–Trinajstić information content (AvgIpc) is 2.17. The van der Waals surface area contributed by atoms with Crippen molar-refractivity contribution in [2.45, 2.75) is 18.9 Å². The molecule has 15 heavy (non-hydrogen) atoms. The van der Waals surface area contributed by atoms with Gasteiger partial charge in [-0.25, -0.2) is 0 Å². The van der Waals surface area contributed by atoms with E-state index in [9.17, 15) is 0 Å². The Balaban J connectivity index is 2.38. The molecule has 0 heterocycles. The summed E-state index contributed by atoms with van der Waals surface area (Å²) in [4.78, 5) is 26.4. The lowest BCUT2D eigenvalue weighted by molar-refractivity contribution is 0.226. The van der Waals surface area contributed by atoms with E-state index in [1.807, 2.05) is 24.3 Å². The van der Waals surface area contributed by atoms with E-state index in [0.717, 1.165) is 17.7 Å². The lowest BCUT2D eigenvalue weighted by Gasteiger charge is -2.08. The molecular weight excluding hydrogens is 212 g/mol. The maximum atomic E-state index is 8.81. The highest BCUT2D eigenvalue weighted by atomic mass is 28.4. The molecule has 1 aromatic rings. The lowest BCUT2D eigenvalue weighted by atomic mass is 10.1. The molecule has 3 N–H and O–H groups in total. The lowest BCUT2D eigenvalue weighted by Crippen LogP contribution is -2.34. The maximum Gasteiger partial charge on any atom is 0.492 e. The first-order valence-corrected chi connectivity index (χ1v) is 6.86. The predicted molar refractivity (Wildman–Crippen MR) is 58.5 cm³/mol. The summed E-state index contributed by atoms with van der Waals surface area (Å²) in [5.74, 6) is 0.800. The van der Waals surface area contributed by atoms with Gasteiger partial charge in [-0.2, -0.15) is 0 Å². The summed E-state index contributed by atoms with van der Waals surface area (Å²) < 4.78 is 5.01. The van der Waals surface area contributed by atoms with Gasteiger partial charge in [0.1, 0.15) is 5.75 Å². The molecule has 0 saturated heterocycles. The molecule has 0 unspecified atom stereocenters. The number of methoxy groups -OCH3 is 1. The quantitative estimate of drug-likeness (QED) is 0.643. The molecule has 1 aromatic carbocycles. The topological polar surface area (TPSA) is 69.9 Å². The van der Waals surface area contributed by atoms with Crippen molar-refractivity contribution in [3.05, 3.63) is 29.8 Å². The minimum Gasteiger partial charge on any atom is -0.497 e. The predicted octanol–water partition coefficient (Wildman–Crippen LogP) is 0.544. The molecule has 0 atom stereocenters. The zero-order chi connectivity index (χ0) is 11.3. The number of hydrogen-bond donors (Lipinski definition) is 3. The van der Waals surface area contributed by atoms with Crippen LogP contribution in [0.4, 0.5) is 0 Å². The highest BCUT2D eigenvalue weighted by molar-refractivity contribution is 6.56. The average molecular weight is 228 g/mol. The van der Waals surface area contributed by atoms with E-state index in [1.165, 1.54) is 0 Å². The number of ether oxygens (including phenoxy) is 1. The normalized spacial score (nSPS) is 11.5. The number of rotatable bonds is 5. The molecule has 0 spiro atoms. The molecule has 0 aliphatic heterocycles. The summed E-state index contributed by atoms with van der Waals surface area (Å²) >= 11 is 0. The van der Waals surface area contributed by atoms with Crippen LogP contribution in [0.15, 0.2) is 24.3 Å². The number of aryl methyl sites for hydroxylation is 1. The second-order valence-corrected chi connectivity index (χ2v) is 5.52. The van der Waals surface area contributed by atoms with Gasteiger partial charge in [-0.15, -0.1) is 0 Å². The first-order chi connectivity index (χ1) is 7.01. The molecule has 1 rings (SSSR count). The van der Waals surface area contributed by atoms with Gasteiger partial charge in [0.25, 0.3) is 0 Å². The monoisotopic (exact) mass is 228 g/mol. The van der Waals surface area contributed by atoms with Crippen molar-refractivity contribution in [3.8, 4) is 5.75 Å². The van der Waals surface area contributed by atoms with Crippen LogP contribution in [0.25, 0.3) is 0 Å². The van der Waals surface area contributed by atoms with E-state index >= 15 is 0 Å². The van der Waals surface area contributed by atoms with Gasteiger partial charge in [0, 0.05) is 6.04 Å². The van der Waals surface area contributed by atoms with E-state index in [-0.39, 0.29) is 6.04 Å². The summed E-state index contributed by atoms with van der Waals surface area (Å²) in [5, 5.41) is 0. The second kappa shape index (κ2) is 5.27. The third kappa shape index (κ3) is 4.94. The molecule has 0 saturated carbocycles. The van der Waals surface area contributed by atoms with Gasteiger partial charge in [-0.3, -0.25) is 0 Å². The van der Waals surface area contributed by atoms with Gasteiger partial charge in [-0.1, -0.05) is 12.1 Å². The number of hydrogen-bond acceptors (Lipinski definition) is 4. The standard InChI is InChI=1S/C10H16O4Si/c1-14-10-6-4-9(5-7-10)3-2-8-15(11,12)13/h4-7,11-13H,2-3,8H2,1H3. The molecule has 84 valence electrons. The molecule has 0 radical (unpaired) electrons.